The van der Waals surface area contributed by atoms with Gasteiger partial charge in [-0.25, -0.2) is 4.79 Å². The molecule has 0 saturated carbocycles. The van der Waals surface area contributed by atoms with Crippen LogP contribution in [0.5, 0.6) is 0 Å². The van der Waals surface area contributed by atoms with Gasteiger partial charge >= 0.3 is 18.4 Å². The van der Waals surface area contributed by atoms with Crippen LogP contribution in [0.1, 0.15) is 45.7 Å². The first-order valence-corrected chi connectivity index (χ1v) is 10.3. The van der Waals surface area contributed by atoms with Crippen LogP contribution in [0, 0.1) is 0 Å². The predicted molar refractivity (Wildman–Crippen MR) is 112 cm³/mol. The van der Waals surface area contributed by atoms with Gasteiger partial charge in [-0.2, -0.15) is 26.3 Å². The van der Waals surface area contributed by atoms with Gasteiger partial charge in [0.15, 0.2) is 0 Å². The minimum Gasteiger partial charge on any atom is -0.444 e. The Bertz CT molecular complexity index is 876. The van der Waals surface area contributed by atoms with E-state index in [-0.39, 0.29) is 31.2 Å². The van der Waals surface area contributed by atoms with Crippen molar-refractivity contribution in [3.8, 4) is 0 Å². The van der Waals surface area contributed by atoms with E-state index < -0.39 is 35.2 Å². The van der Waals surface area contributed by atoms with Gasteiger partial charge < -0.3 is 19.6 Å². The fraction of sp³-hybridized carbons (Fsp3) is 0.591. The molecular formula is C22H28F6N2O3. The molecule has 1 saturated heterocycles. The summed E-state index contributed by atoms with van der Waals surface area (Å²) in [5, 5.41) is 9.74. The van der Waals surface area contributed by atoms with E-state index >= 15 is 0 Å². The number of anilines is 1. The lowest BCUT2D eigenvalue weighted by atomic mass is 9.90. The second kappa shape index (κ2) is 9.08. The Balaban J connectivity index is 2.41. The number of piperazine rings is 1. The highest BCUT2D eigenvalue weighted by Crippen LogP contribution is 2.50. The van der Waals surface area contributed by atoms with Crippen LogP contribution in [0.4, 0.5) is 36.8 Å². The maximum absolute atomic E-state index is 13.3. The molecule has 1 atom stereocenters. The molecule has 0 bridgehead atoms. The number of carbonyl (C=O) groups is 1. The van der Waals surface area contributed by atoms with Gasteiger partial charge in [0.2, 0.25) is 0 Å². The number of hydrogen-bond donors (Lipinski definition) is 1. The van der Waals surface area contributed by atoms with E-state index in [1.165, 1.54) is 17.1 Å². The Morgan fingerprint density at radius 2 is 1.67 bits per heavy atom. The average molecular weight is 482 g/mol. The molecule has 11 heteroatoms. The van der Waals surface area contributed by atoms with Crippen molar-refractivity contribution in [3.63, 3.8) is 0 Å². The molecule has 0 aromatic heterocycles. The molecule has 0 aliphatic carbocycles. The molecule has 2 rings (SSSR count). The Morgan fingerprint density at radius 3 is 2.12 bits per heavy atom. The zero-order valence-corrected chi connectivity index (χ0v) is 19.0. The first kappa shape index (κ1) is 26.8. The van der Waals surface area contributed by atoms with Gasteiger partial charge in [-0.3, -0.25) is 0 Å². The van der Waals surface area contributed by atoms with Crippen molar-refractivity contribution in [2.45, 2.75) is 64.2 Å². The zero-order valence-electron chi connectivity index (χ0n) is 19.0. The summed E-state index contributed by atoms with van der Waals surface area (Å²) in [5.41, 5.74) is -6.53. The first-order chi connectivity index (χ1) is 14.9. The Labute approximate surface area is 188 Å². The van der Waals surface area contributed by atoms with Crippen LogP contribution in [0.15, 0.2) is 24.3 Å². The fourth-order valence-electron chi connectivity index (χ4n) is 3.65. The molecule has 1 aromatic rings. The molecule has 1 N–H and O–H groups in total. The molecule has 1 aromatic carbocycles. The normalized spacial score (nSPS) is 18.7. The number of hydrogen-bond acceptors (Lipinski definition) is 4. The lowest BCUT2D eigenvalue weighted by Crippen LogP contribution is -2.55. The highest BCUT2D eigenvalue weighted by atomic mass is 19.4. The number of halogens is 6. The van der Waals surface area contributed by atoms with Crippen molar-refractivity contribution in [1.29, 1.82) is 0 Å². The molecule has 1 heterocycles. The van der Waals surface area contributed by atoms with Crippen LogP contribution >= 0.6 is 0 Å². The number of carbonyl (C=O) groups excluding carboxylic acids is 1. The van der Waals surface area contributed by atoms with E-state index in [4.69, 9.17) is 4.74 Å². The van der Waals surface area contributed by atoms with E-state index in [2.05, 4.69) is 0 Å². The number of allylic oxidation sites excluding steroid dienone is 1. The van der Waals surface area contributed by atoms with Gasteiger partial charge in [-0.15, -0.1) is 0 Å². The molecule has 5 nitrogen and oxygen atoms in total. The fourth-order valence-corrected chi connectivity index (χ4v) is 3.65. The second-order valence-electron chi connectivity index (χ2n) is 8.95. The molecular weight excluding hydrogens is 454 g/mol. The minimum absolute atomic E-state index is 0.0829. The number of alkyl halides is 6. The average Bonchev–Trinajstić information content (AvgIpc) is 2.64. The Hall–Kier alpha value is -2.43. The van der Waals surface area contributed by atoms with Gasteiger partial charge in [0.25, 0.3) is 5.60 Å². The summed E-state index contributed by atoms with van der Waals surface area (Å²) in [7, 11) is 0. The quantitative estimate of drug-likeness (QED) is 0.580. The molecule has 0 radical (unpaired) electrons. The summed E-state index contributed by atoms with van der Waals surface area (Å²) < 4.78 is 85.2. The van der Waals surface area contributed by atoms with E-state index in [1.807, 2.05) is 0 Å². The molecule has 0 spiro atoms. The van der Waals surface area contributed by atoms with Gasteiger partial charge in [0.05, 0.1) is 0 Å². The Kier molecular flexibility index (Phi) is 7.38. The number of aliphatic hydroxyl groups is 1. The topological polar surface area (TPSA) is 53.0 Å². The summed E-state index contributed by atoms with van der Waals surface area (Å²) in [6.07, 6.45) is -9.58. The van der Waals surface area contributed by atoms with Crippen LogP contribution < -0.4 is 4.90 Å². The third-order valence-electron chi connectivity index (χ3n) is 5.20. The van der Waals surface area contributed by atoms with Crippen molar-refractivity contribution >= 4 is 17.9 Å². The lowest BCUT2D eigenvalue weighted by molar-refractivity contribution is -0.376. The summed E-state index contributed by atoms with van der Waals surface area (Å²) >= 11 is 0. The number of rotatable bonds is 3. The van der Waals surface area contributed by atoms with Gasteiger partial charge in [-0.1, -0.05) is 18.2 Å². The van der Waals surface area contributed by atoms with Crippen LogP contribution in [-0.2, 0) is 10.3 Å². The monoisotopic (exact) mass is 482 g/mol. The third kappa shape index (κ3) is 5.56. The van der Waals surface area contributed by atoms with Gasteiger partial charge in [-0.05, 0) is 52.3 Å². The molecule has 33 heavy (non-hydrogen) atoms. The van der Waals surface area contributed by atoms with Crippen molar-refractivity contribution in [2.24, 2.45) is 0 Å². The Morgan fingerprint density at radius 1 is 1.09 bits per heavy atom. The van der Waals surface area contributed by atoms with E-state index in [0.29, 0.717) is 17.8 Å². The summed E-state index contributed by atoms with van der Waals surface area (Å²) in [5.74, 6) is 0. The van der Waals surface area contributed by atoms with E-state index in [1.54, 1.807) is 39.5 Å². The molecule has 1 amide bonds. The van der Waals surface area contributed by atoms with E-state index in [9.17, 15) is 36.2 Å². The highest BCUT2D eigenvalue weighted by Gasteiger charge is 2.71. The standard InChI is InChI=1S/C22H28F6N2O3/c1-6-7-15-12-16(20(32,21(23,24)25)22(26,27)28)8-9-17(15)30-11-10-29(13-14(30)2)18(31)33-19(3,4)5/h6-9,12,14,32H,10-11,13H2,1-5H3/t14-/m1/s1. The lowest BCUT2D eigenvalue weighted by Gasteiger charge is -2.42. The van der Waals surface area contributed by atoms with E-state index in [0.717, 1.165) is 6.07 Å². The zero-order chi connectivity index (χ0) is 25.4. The predicted octanol–water partition coefficient (Wildman–Crippen LogP) is 5.48. The van der Waals surface area contributed by atoms with Crippen molar-refractivity contribution in [2.75, 3.05) is 24.5 Å². The number of amides is 1. The van der Waals surface area contributed by atoms with Crippen LogP contribution in [0.25, 0.3) is 6.08 Å². The SMILES string of the molecule is CC=Cc1cc(C(O)(C(F)(F)F)C(F)(F)F)ccc1N1CCN(C(=O)OC(C)(C)C)C[C@H]1C. The smallest absolute Gasteiger partial charge is 0.430 e. The highest BCUT2D eigenvalue weighted by molar-refractivity contribution is 5.71. The van der Waals surface area contributed by atoms with Crippen LogP contribution in [0.2, 0.25) is 0 Å². The molecule has 1 fully saturated rings. The van der Waals surface area contributed by atoms with Crippen molar-refractivity contribution in [1.82, 2.24) is 4.90 Å². The maximum atomic E-state index is 13.3. The largest absolute Gasteiger partial charge is 0.444 e. The molecule has 1 aliphatic heterocycles. The second-order valence-corrected chi connectivity index (χ2v) is 8.95. The summed E-state index contributed by atoms with van der Waals surface area (Å²) in [6, 6.07) is 2.16. The van der Waals surface area contributed by atoms with Crippen LogP contribution in [-0.4, -0.2) is 59.7 Å². The van der Waals surface area contributed by atoms with Crippen molar-refractivity contribution < 1.29 is 41.0 Å². The maximum Gasteiger partial charge on any atom is 0.430 e. The number of ether oxygens (including phenoxy) is 1. The molecule has 186 valence electrons. The van der Waals surface area contributed by atoms with Crippen LogP contribution in [0.3, 0.4) is 0 Å². The number of nitrogens with zero attached hydrogens (tertiary/aromatic N) is 2. The first-order valence-electron chi connectivity index (χ1n) is 10.3. The minimum atomic E-state index is -5.97. The summed E-state index contributed by atoms with van der Waals surface area (Å²) in [6.45, 7) is 9.35. The van der Waals surface area contributed by atoms with Crippen molar-refractivity contribution in [3.05, 3.63) is 35.4 Å². The third-order valence-corrected chi connectivity index (χ3v) is 5.20. The molecule has 0 unspecified atom stereocenters. The van der Waals surface area contributed by atoms with Gasteiger partial charge in [0, 0.05) is 36.9 Å². The molecule has 1 aliphatic rings. The van der Waals surface area contributed by atoms with Gasteiger partial charge in [0.1, 0.15) is 5.60 Å². The summed E-state index contributed by atoms with van der Waals surface area (Å²) in [4.78, 5) is 15.6. The number of benzene rings is 1.